The summed E-state index contributed by atoms with van der Waals surface area (Å²) in [6.07, 6.45) is 7.18. The van der Waals surface area contributed by atoms with Gasteiger partial charge in [0.1, 0.15) is 0 Å². The average Bonchev–Trinajstić information content (AvgIpc) is 3.54. The van der Waals surface area contributed by atoms with Crippen molar-refractivity contribution in [3.63, 3.8) is 0 Å². The fourth-order valence-corrected chi connectivity index (χ4v) is 6.08. The van der Waals surface area contributed by atoms with Crippen molar-refractivity contribution in [2.45, 2.75) is 50.7 Å². The van der Waals surface area contributed by atoms with E-state index in [4.69, 9.17) is 4.74 Å². The predicted octanol–water partition coefficient (Wildman–Crippen LogP) is 4.25. The van der Waals surface area contributed by atoms with Crippen molar-refractivity contribution in [3.05, 3.63) is 57.8 Å². The van der Waals surface area contributed by atoms with E-state index in [0.717, 1.165) is 51.2 Å². The summed E-state index contributed by atoms with van der Waals surface area (Å²) in [4.78, 5) is 17.9. The van der Waals surface area contributed by atoms with E-state index in [0.29, 0.717) is 12.0 Å². The molecule has 1 aliphatic carbocycles. The lowest BCUT2D eigenvalue weighted by Gasteiger charge is -2.38. The molecule has 3 heterocycles. The Balaban J connectivity index is 1.17. The maximum atomic E-state index is 13.1. The van der Waals surface area contributed by atoms with E-state index in [9.17, 15) is 4.79 Å². The van der Waals surface area contributed by atoms with Gasteiger partial charge in [0.05, 0.1) is 11.7 Å². The fraction of sp³-hybridized carbons (Fsp3) is 0.560. The maximum absolute atomic E-state index is 13.1. The second-order valence-corrected chi connectivity index (χ2v) is 9.95. The van der Waals surface area contributed by atoms with Crippen LogP contribution in [0.4, 0.5) is 0 Å². The summed E-state index contributed by atoms with van der Waals surface area (Å²) in [7, 11) is 0. The Kier molecular flexibility index (Phi) is 6.21. The minimum atomic E-state index is 0.181. The van der Waals surface area contributed by atoms with Gasteiger partial charge in [0.15, 0.2) is 0 Å². The van der Waals surface area contributed by atoms with Crippen LogP contribution < -0.4 is 0 Å². The summed E-state index contributed by atoms with van der Waals surface area (Å²) in [6.45, 7) is 4.76. The molecule has 3 aliphatic rings. The monoisotopic (exact) mass is 424 g/mol. The summed E-state index contributed by atoms with van der Waals surface area (Å²) >= 11 is 1.60. The zero-order valence-electron chi connectivity index (χ0n) is 17.7. The molecule has 0 bridgehead atoms. The third kappa shape index (κ3) is 4.48. The van der Waals surface area contributed by atoms with E-state index in [1.54, 1.807) is 11.3 Å². The highest BCUT2D eigenvalue weighted by molar-refractivity contribution is 7.08. The van der Waals surface area contributed by atoms with Gasteiger partial charge in [0.2, 0.25) is 0 Å². The SMILES string of the molecule is O=C(c1ccsc1)N(CC1CCN(C2Cc3ccccc3C2)CC1)C[C@H]1CCCO1. The molecule has 1 atom stereocenters. The second kappa shape index (κ2) is 9.21. The number of hydrogen-bond acceptors (Lipinski definition) is 4. The lowest BCUT2D eigenvalue weighted by Crippen LogP contribution is -2.46. The first-order chi connectivity index (χ1) is 14.8. The van der Waals surface area contributed by atoms with Crippen LogP contribution in [0.2, 0.25) is 0 Å². The van der Waals surface area contributed by atoms with E-state index in [1.165, 1.54) is 36.8 Å². The van der Waals surface area contributed by atoms with Crippen molar-refractivity contribution in [2.24, 2.45) is 5.92 Å². The van der Waals surface area contributed by atoms with Gasteiger partial charge in [-0.15, -0.1) is 0 Å². The minimum absolute atomic E-state index is 0.181. The standard InChI is InChI=1S/C25H32N2O2S/c28-25(22-9-13-30-18-22)27(17-24-6-3-12-29-24)16-19-7-10-26(11-8-19)23-14-20-4-1-2-5-21(20)15-23/h1-2,4-5,9,13,18-19,23-24H,3,6-8,10-12,14-17H2/t24-/m1/s1. The molecule has 0 spiro atoms. The molecule has 2 fully saturated rings. The number of likely N-dealkylation sites (tertiary alicyclic amines) is 1. The van der Waals surface area contributed by atoms with Crippen molar-refractivity contribution in [1.82, 2.24) is 9.80 Å². The highest BCUT2D eigenvalue weighted by Crippen LogP contribution is 2.29. The number of piperidine rings is 1. The lowest BCUT2D eigenvalue weighted by molar-refractivity contribution is 0.0430. The van der Waals surface area contributed by atoms with Crippen LogP contribution in [0.5, 0.6) is 0 Å². The van der Waals surface area contributed by atoms with Gasteiger partial charge in [-0.3, -0.25) is 9.69 Å². The van der Waals surface area contributed by atoms with Crippen LogP contribution in [-0.4, -0.2) is 60.6 Å². The number of carbonyl (C=O) groups is 1. The molecule has 0 N–H and O–H groups in total. The van der Waals surface area contributed by atoms with Crippen LogP contribution in [0.1, 0.15) is 47.2 Å². The number of ether oxygens (including phenoxy) is 1. The van der Waals surface area contributed by atoms with E-state index < -0.39 is 0 Å². The highest BCUT2D eigenvalue weighted by atomic mass is 32.1. The first-order valence-corrected chi connectivity index (χ1v) is 12.4. The Morgan fingerprint density at radius 3 is 2.47 bits per heavy atom. The van der Waals surface area contributed by atoms with Crippen molar-refractivity contribution in [2.75, 3.05) is 32.8 Å². The number of rotatable bonds is 6. The number of thiophene rings is 1. The van der Waals surface area contributed by atoms with Crippen molar-refractivity contribution >= 4 is 17.2 Å². The molecule has 1 aromatic heterocycles. The molecule has 2 aromatic rings. The Labute approximate surface area is 183 Å². The summed E-state index contributed by atoms with van der Waals surface area (Å²) in [5, 5.41) is 3.97. The van der Waals surface area contributed by atoms with Crippen LogP contribution in [0, 0.1) is 5.92 Å². The molecule has 5 rings (SSSR count). The molecule has 4 nitrogen and oxygen atoms in total. The fourth-order valence-electron chi connectivity index (χ4n) is 5.45. The highest BCUT2D eigenvalue weighted by Gasteiger charge is 2.32. The summed E-state index contributed by atoms with van der Waals surface area (Å²) < 4.78 is 5.86. The molecule has 5 heteroatoms. The molecule has 2 saturated heterocycles. The van der Waals surface area contributed by atoms with Gasteiger partial charge in [0.25, 0.3) is 5.91 Å². The average molecular weight is 425 g/mol. The molecule has 0 radical (unpaired) electrons. The maximum Gasteiger partial charge on any atom is 0.254 e. The molecule has 1 amide bonds. The molecule has 2 aliphatic heterocycles. The second-order valence-electron chi connectivity index (χ2n) is 9.17. The normalized spacial score (nSPS) is 23.0. The van der Waals surface area contributed by atoms with E-state index in [1.807, 2.05) is 16.8 Å². The molecular formula is C25H32N2O2S. The van der Waals surface area contributed by atoms with Crippen molar-refractivity contribution in [3.8, 4) is 0 Å². The van der Waals surface area contributed by atoms with E-state index >= 15 is 0 Å². The Hall–Kier alpha value is -1.69. The molecule has 1 aromatic carbocycles. The van der Waals surface area contributed by atoms with Gasteiger partial charge in [-0.2, -0.15) is 11.3 Å². The molecule has 0 unspecified atom stereocenters. The number of fused-ring (bicyclic) bond motifs is 1. The molecule has 0 saturated carbocycles. The summed E-state index contributed by atoms with van der Waals surface area (Å²) in [5.41, 5.74) is 3.90. The van der Waals surface area contributed by atoms with Crippen LogP contribution in [-0.2, 0) is 17.6 Å². The van der Waals surface area contributed by atoms with Crippen LogP contribution in [0.3, 0.4) is 0 Å². The smallest absolute Gasteiger partial charge is 0.254 e. The van der Waals surface area contributed by atoms with E-state index in [2.05, 4.69) is 34.1 Å². The third-order valence-corrected chi connectivity index (χ3v) is 7.86. The van der Waals surface area contributed by atoms with Gasteiger partial charge in [-0.25, -0.2) is 0 Å². The van der Waals surface area contributed by atoms with Crippen LogP contribution in [0.25, 0.3) is 0 Å². The zero-order chi connectivity index (χ0) is 20.3. The topological polar surface area (TPSA) is 32.8 Å². The van der Waals surface area contributed by atoms with Crippen molar-refractivity contribution in [1.29, 1.82) is 0 Å². The lowest BCUT2D eigenvalue weighted by atomic mass is 9.94. The summed E-state index contributed by atoms with van der Waals surface area (Å²) in [6, 6.07) is 11.5. The molecular weight excluding hydrogens is 392 g/mol. The number of carbonyl (C=O) groups excluding carboxylic acids is 1. The van der Waals surface area contributed by atoms with Gasteiger partial charge in [-0.1, -0.05) is 24.3 Å². The number of hydrogen-bond donors (Lipinski definition) is 0. The first-order valence-electron chi connectivity index (χ1n) is 11.5. The Morgan fingerprint density at radius 2 is 1.83 bits per heavy atom. The van der Waals surface area contributed by atoms with Crippen molar-refractivity contribution < 1.29 is 9.53 Å². The van der Waals surface area contributed by atoms with Gasteiger partial charge < -0.3 is 9.64 Å². The molecule has 30 heavy (non-hydrogen) atoms. The van der Waals surface area contributed by atoms with Gasteiger partial charge >= 0.3 is 0 Å². The number of amides is 1. The largest absolute Gasteiger partial charge is 0.376 e. The quantitative estimate of drug-likeness (QED) is 0.695. The minimum Gasteiger partial charge on any atom is -0.376 e. The zero-order valence-corrected chi connectivity index (χ0v) is 18.5. The predicted molar refractivity (Wildman–Crippen MR) is 121 cm³/mol. The van der Waals surface area contributed by atoms with Crippen LogP contribution >= 0.6 is 11.3 Å². The van der Waals surface area contributed by atoms with Gasteiger partial charge in [-0.05, 0) is 80.1 Å². The van der Waals surface area contributed by atoms with Gasteiger partial charge in [0, 0.05) is 31.1 Å². The Bertz CT molecular complexity index is 814. The first kappa shape index (κ1) is 20.2. The number of nitrogens with zero attached hydrogens (tertiary/aromatic N) is 2. The Morgan fingerprint density at radius 1 is 1.07 bits per heavy atom. The van der Waals surface area contributed by atoms with Crippen LogP contribution in [0.15, 0.2) is 41.1 Å². The molecule has 160 valence electrons. The number of benzene rings is 1. The third-order valence-electron chi connectivity index (χ3n) is 7.18. The summed E-state index contributed by atoms with van der Waals surface area (Å²) in [5.74, 6) is 0.773. The van der Waals surface area contributed by atoms with E-state index in [-0.39, 0.29) is 12.0 Å².